The van der Waals surface area contributed by atoms with Gasteiger partial charge in [-0.25, -0.2) is 9.97 Å². The Labute approximate surface area is 171 Å². The van der Waals surface area contributed by atoms with Crippen molar-refractivity contribution in [3.8, 4) is 6.07 Å². The third kappa shape index (κ3) is 4.83. The molecule has 7 heteroatoms. The minimum atomic E-state index is -1.14. The Balaban J connectivity index is 2.04. The van der Waals surface area contributed by atoms with E-state index in [-0.39, 0.29) is 6.61 Å². The summed E-state index contributed by atoms with van der Waals surface area (Å²) in [7, 11) is 1.54. The Hall–Kier alpha value is -2.72. The van der Waals surface area contributed by atoms with Crippen molar-refractivity contribution >= 4 is 22.8 Å². The number of methoxy groups -OCH3 is 1. The molecule has 0 bridgehead atoms. The van der Waals surface area contributed by atoms with Crippen LogP contribution in [0.15, 0.2) is 24.3 Å². The van der Waals surface area contributed by atoms with Gasteiger partial charge >= 0.3 is 5.97 Å². The van der Waals surface area contributed by atoms with E-state index in [0.717, 1.165) is 25.0 Å². The van der Waals surface area contributed by atoms with Crippen LogP contribution in [0.2, 0.25) is 0 Å². The predicted molar refractivity (Wildman–Crippen MR) is 110 cm³/mol. The molecule has 154 valence electrons. The topological polar surface area (TPSA) is 88.3 Å². The van der Waals surface area contributed by atoms with Crippen LogP contribution < -0.4 is 4.90 Å². The standard InChI is InChI=1S/C22H28N4O3/c1-14-9-15(2)12-26(11-14)21-20(24-18-7-5-6-8-19(18)25-21)17(10-23)22(27)29-16(3)13-28-4/h5-8,14-17H,9,11-13H2,1-4H3/t14-,15-,16-,17+/m0/s1. The highest BCUT2D eigenvalue weighted by Gasteiger charge is 2.33. The van der Waals surface area contributed by atoms with E-state index in [0.29, 0.717) is 28.9 Å². The van der Waals surface area contributed by atoms with Gasteiger partial charge in [-0.3, -0.25) is 4.79 Å². The molecule has 1 aromatic carbocycles. The van der Waals surface area contributed by atoms with Crippen LogP contribution in [0, 0.1) is 23.2 Å². The molecule has 0 amide bonds. The molecule has 1 saturated heterocycles. The van der Waals surface area contributed by atoms with Gasteiger partial charge in [0.15, 0.2) is 11.7 Å². The summed E-state index contributed by atoms with van der Waals surface area (Å²) < 4.78 is 10.4. The van der Waals surface area contributed by atoms with Crippen LogP contribution in [-0.4, -0.2) is 48.8 Å². The van der Waals surface area contributed by atoms with Gasteiger partial charge in [0, 0.05) is 20.2 Å². The van der Waals surface area contributed by atoms with E-state index in [1.54, 1.807) is 6.92 Å². The summed E-state index contributed by atoms with van der Waals surface area (Å²) in [4.78, 5) is 24.4. The van der Waals surface area contributed by atoms with Gasteiger partial charge in [-0.1, -0.05) is 26.0 Å². The van der Waals surface area contributed by atoms with Crippen LogP contribution in [0.4, 0.5) is 5.82 Å². The molecule has 1 aliphatic heterocycles. The molecule has 1 aliphatic rings. The number of hydrogen-bond acceptors (Lipinski definition) is 7. The molecule has 0 N–H and O–H groups in total. The summed E-state index contributed by atoms with van der Waals surface area (Å²) in [5, 5.41) is 9.82. The number of rotatable bonds is 6. The molecule has 2 aromatic rings. The summed E-state index contributed by atoms with van der Waals surface area (Å²) in [6, 6.07) is 9.60. The van der Waals surface area contributed by atoms with Gasteiger partial charge in [0.25, 0.3) is 0 Å². The fourth-order valence-corrected chi connectivity index (χ4v) is 4.03. The zero-order chi connectivity index (χ0) is 21.0. The first-order chi connectivity index (χ1) is 13.9. The number of ether oxygens (including phenoxy) is 2. The lowest BCUT2D eigenvalue weighted by Gasteiger charge is -2.36. The van der Waals surface area contributed by atoms with Crippen LogP contribution in [-0.2, 0) is 14.3 Å². The number of para-hydroxylation sites is 2. The molecule has 2 heterocycles. The minimum absolute atomic E-state index is 0.265. The van der Waals surface area contributed by atoms with E-state index in [2.05, 4.69) is 29.8 Å². The summed E-state index contributed by atoms with van der Waals surface area (Å²) in [5.41, 5.74) is 1.76. The molecule has 1 aromatic heterocycles. The van der Waals surface area contributed by atoms with Gasteiger partial charge in [0.1, 0.15) is 11.8 Å². The van der Waals surface area contributed by atoms with Gasteiger partial charge in [0.2, 0.25) is 0 Å². The number of carbonyl (C=O) groups is 1. The Morgan fingerprint density at radius 2 is 1.86 bits per heavy atom. The number of hydrogen-bond donors (Lipinski definition) is 0. The predicted octanol–water partition coefficient (Wildman–Crippen LogP) is 3.30. The van der Waals surface area contributed by atoms with Crippen LogP contribution in [0.1, 0.15) is 38.8 Å². The van der Waals surface area contributed by atoms with E-state index in [1.807, 2.05) is 24.3 Å². The second-order valence-corrected chi connectivity index (χ2v) is 8.04. The number of anilines is 1. The van der Waals surface area contributed by atoms with Crippen molar-refractivity contribution in [3.63, 3.8) is 0 Å². The largest absolute Gasteiger partial charge is 0.459 e. The first kappa shape index (κ1) is 21.0. The van der Waals surface area contributed by atoms with Crippen LogP contribution in [0.25, 0.3) is 11.0 Å². The molecule has 3 rings (SSSR count). The van der Waals surface area contributed by atoms with Crippen molar-refractivity contribution in [2.45, 2.75) is 39.2 Å². The SMILES string of the molecule is COC[C@H](C)OC(=O)[C@H](C#N)c1nc2ccccc2nc1N1C[C@@H](C)C[C@H](C)C1. The molecule has 4 atom stereocenters. The smallest absolute Gasteiger partial charge is 0.330 e. The molecular formula is C22H28N4O3. The van der Waals surface area contributed by atoms with E-state index in [9.17, 15) is 10.1 Å². The van der Waals surface area contributed by atoms with Gasteiger partial charge < -0.3 is 14.4 Å². The summed E-state index contributed by atoms with van der Waals surface area (Å²) >= 11 is 0. The third-order valence-electron chi connectivity index (χ3n) is 5.10. The van der Waals surface area contributed by atoms with E-state index >= 15 is 0 Å². The zero-order valence-electron chi connectivity index (χ0n) is 17.5. The molecule has 0 spiro atoms. The Morgan fingerprint density at radius 3 is 2.45 bits per heavy atom. The zero-order valence-corrected chi connectivity index (χ0v) is 17.5. The van der Waals surface area contributed by atoms with Gasteiger partial charge in [-0.15, -0.1) is 0 Å². The normalized spacial score (nSPS) is 21.4. The molecular weight excluding hydrogens is 368 g/mol. The van der Waals surface area contributed by atoms with Gasteiger partial charge in [-0.2, -0.15) is 5.26 Å². The fourth-order valence-electron chi connectivity index (χ4n) is 4.03. The molecule has 1 fully saturated rings. The highest BCUT2D eigenvalue weighted by Crippen LogP contribution is 2.32. The summed E-state index contributed by atoms with van der Waals surface area (Å²) in [6.07, 6.45) is 0.695. The highest BCUT2D eigenvalue weighted by molar-refractivity contribution is 5.85. The van der Waals surface area contributed by atoms with Crippen molar-refractivity contribution < 1.29 is 14.3 Å². The first-order valence-corrected chi connectivity index (χ1v) is 10.0. The monoisotopic (exact) mass is 396 g/mol. The molecule has 0 aliphatic carbocycles. The average Bonchev–Trinajstić information content (AvgIpc) is 2.67. The maximum atomic E-state index is 12.8. The Bertz CT molecular complexity index is 901. The quantitative estimate of drug-likeness (QED) is 0.692. The second kappa shape index (κ2) is 9.19. The maximum Gasteiger partial charge on any atom is 0.330 e. The number of piperidine rings is 1. The first-order valence-electron chi connectivity index (χ1n) is 10.0. The highest BCUT2D eigenvalue weighted by atomic mass is 16.6. The summed E-state index contributed by atoms with van der Waals surface area (Å²) in [5.74, 6) is -0.178. The fraction of sp³-hybridized carbons (Fsp3) is 0.545. The molecule has 0 unspecified atom stereocenters. The Kier molecular flexibility index (Phi) is 6.65. The third-order valence-corrected chi connectivity index (χ3v) is 5.10. The lowest BCUT2D eigenvalue weighted by Crippen LogP contribution is -2.40. The number of benzene rings is 1. The number of fused-ring (bicyclic) bond motifs is 1. The molecule has 0 saturated carbocycles. The van der Waals surface area contributed by atoms with Crippen LogP contribution in [0.3, 0.4) is 0 Å². The lowest BCUT2D eigenvalue weighted by atomic mass is 9.91. The van der Waals surface area contributed by atoms with E-state index in [1.165, 1.54) is 7.11 Å². The number of nitriles is 1. The van der Waals surface area contributed by atoms with E-state index in [4.69, 9.17) is 14.5 Å². The maximum absolute atomic E-state index is 12.8. The van der Waals surface area contributed by atoms with Crippen LogP contribution >= 0.6 is 0 Å². The summed E-state index contributed by atoms with van der Waals surface area (Å²) in [6.45, 7) is 8.05. The van der Waals surface area contributed by atoms with Gasteiger partial charge in [-0.05, 0) is 37.3 Å². The number of carbonyl (C=O) groups excluding carboxylic acids is 1. The van der Waals surface area contributed by atoms with Crippen molar-refractivity contribution in [1.29, 1.82) is 5.26 Å². The van der Waals surface area contributed by atoms with Crippen molar-refractivity contribution in [3.05, 3.63) is 30.0 Å². The Morgan fingerprint density at radius 1 is 1.24 bits per heavy atom. The number of aromatic nitrogens is 2. The van der Waals surface area contributed by atoms with Gasteiger partial charge in [0.05, 0.1) is 23.7 Å². The molecule has 7 nitrogen and oxygen atoms in total. The number of esters is 1. The van der Waals surface area contributed by atoms with E-state index < -0.39 is 18.0 Å². The van der Waals surface area contributed by atoms with Crippen molar-refractivity contribution in [2.75, 3.05) is 31.7 Å². The average molecular weight is 396 g/mol. The number of nitrogens with zero attached hydrogens (tertiary/aromatic N) is 4. The minimum Gasteiger partial charge on any atom is -0.459 e. The molecule has 29 heavy (non-hydrogen) atoms. The lowest BCUT2D eigenvalue weighted by molar-refractivity contribution is -0.150. The van der Waals surface area contributed by atoms with Crippen LogP contribution in [0.5, 0.6) is 0 Å². The van der Waals surface area contributed by atoms with Crippen molar-refractivity contribution in [1.82, 2.24) is 9.97 Å². The van der Waals surface area contributed by atoms with Crippen molar-refractivity contribution in [2.24, 2.45) is 11.8 Å². The molecule has 0 radical (unpaired) electrons. The second-order valence-electron chi connectivity index (χ2n) is 8.04.